The summed E-state index contributed by atoms with van der Waals surface area (Å²) >= 11 is 0. The van der Waals surface area contributed by atoms with Gasteiger partial charge in [0, 0.05) is 45.2 Å². The van der Waals surface area contributed by atoms with Gasteiger partial charge in [-0.1, -0.05) is 0 Å². The molecule has 0 bridgehead atoms. The number of rotatable bonds is 4. The lowest BCUT2D eigenvalue weighted by atomic mass is 10.1. The predicted octanol–water partition coefficient (Wildman–Crippen LogP) is 1.61. The molecule has 0 spiro atoms. The molecule has 25 heavy (non-hydrogen) atoms. The molecule has 0 aliphatic carbocycles. The second-order valence-corrected chi connectivity index (χ2v) is 7.79. The molecule has 0 aromatic carbocycles. The van der Waals surface area contributed by atoms with Gasteiger partial charge in [0.25, 0.3) is 0 Å². The normalized spacial score (nSPS) is 22.4. The molecule has 2 saturated heterocycles. The Hall–Kier alpha value is -1.34. The summed E-state index contributed by atoms with van der Waals surface area (Å²) < 4.78 is 10.7. The Bertz CT molecular complexity index is 444. The van der Waals surface area contributed by atoms with Gasteiger partial charge in [-0.05, 0) is 40.0 Å². The van der Waals surface area contributed by atoms with Gasteiger partial charge < -0.3 is 24.6 Å². The fourth-order valence-electron chi connectivity index (χ4n) is 3.16. The Labute approximate surface area is 151 Å². The zero-order valence-electron chi connectivity index (χ0n) is 15.9. The molecule has 1 unspecified atom stereocenters. The second kappa shape index (κ2) is 9.38. The monoisotopic (exact) mass is 355 g/mol. The highest BCUT2D eigenvalue weighted by Crippen LogP contribution is 2.15. The van der Waals surface area contributed by atoms with Crippen LogP contribution < -0.4 is 5.32 Å². The quantitative estimate of drug-likeness (QED) is 0.830. The van der Waals surface area contributed by atoms with Gasteiger partial charge in [0.15, 0.2) is 0 Å². The number of morpholine rings is 1. The summed E-state index contributed by atoms with van der Waals surface area (Å²) in [5.74, 6) is 0.194. The first-order valence-corrected chi connectivity index (χ1v) is 9.42. The minimum absolute atomic E-state index is 0.194. The van der Waals surface area contributed by atoms with Crippen LogP contribution in [0, 0.1) is 0 Å². The average molecular weight is 355 g/mol. The fraction of sp³-hybridized carbons (Fsp3) is 0.889. The van der Waals surface area contributed by atoms with Gasteiger partial charge in [0.2, 0.25) is 5.91 Å². The molecule has 2 heterocycles. The lowest BCUT2D eigenvalue weighted by Crippen LogP contribution is -2.42. The molecule has 7 nitrogen and oxygen atoms in total. The van der Waals surface area contributed by atoms with Gasteiger partial charge in [-0.25, -0.2) is 4.79 Å². The Morgan fingerprint density at radius 1 is 1.08 bits per heavy atom. The number of carbonyl (C=O) groups is 2. The molecule has 0 aromatic rings. The molecule has 144 valence electrons. The van der Waals surface area contributed by atoms with Crippen LogP contribution in [0.25, 0.3) is 0 Å². The van der Waals surface area contributed by atoms with E-state index in [2.05, 4.69) is 5.32 Å². The number of hydrogen-bond donors (Lipinski definition) is 1. The van der Waals surface area contributed by atoms with Crippen molar-refractivity contribution in [2.45, 2.75) is 58.1 Å². The Morgan fingerprint density at radius 3 is 2.48 bits per heavy atom. The topological polar surface area (TPSA) is 71.1 Å². The highest BCUT2D eigenvalue weighted by atomic mass is 16.6. The van der Waals surface area contributed by atoms with Crippen LogP contribution in [0.2, 0.25) is 0 Å². The van der Waals surface area contributed by atoms with Crippen LogP contribution in [0.15, 0.2) is 0 Å². The molecule has 0 saturated carbocycles. The molecule has 0 radical (unpaired) electrons. The minimum Gasteiger partial charge on any atom is -0.444 e. The van der Waals surface area contributed by atoms with Gasteiger partial charge in [0.05, 0.1) is 13.2 Å². The maximum Gasteiger partial charge on any atom is 0.410 e. The van der Waals surface area contributed by atoms with Crippen molar-refractivity contribution in [3.8, 4) is 0 Å². The smallest absolute Gasteiger partial charge is 0.410 e. The van der Waals surface area contributed by atoms with Crippen LogP contribution >= 0.6 is 0 Å². The van der Waals surface area contributed by atoms with E-state index in [4.69, 9.17) is 9.47 Å². The Kier molecular flexibility index (Phi) is 7.50. The van der Waals surface area contributed by atoms with Crippen molar-refractivity contribution in [2.75, 3.05) is 45.9 Å². The standard InChI is InChI=1S/C18H33N3O4/c1-18(2,3)25-17(23)21-9-4-5-15(7-10-21)19-8-6-16(22)20-11-13-24-14-12-20/h15,19H,4-14H2,1-3H3. The first-order chi connectivity index (χ1) is 11.8. The molecule has 2 aliphatic rings. The molecule has 2 aliphatic heterocycles. The lowest BCUT2D eigenvalue weighted by molar-refractivity contribution is -0.135. The number of nitrogens with one attached hydrogen (secondary N) is 1. The fourth-order valence-corrected chi connectivity index (χ4v) is 3.16. The SMILES string of the molecule is CC(C)(C)OC(=O)N1CCCC(NCCC(=O)N2CCOCC2)CC1. The third kappa shape index (κ3) is 7.20. The van der Waals surface area contributed by atoms with E-state index in [-0.39, 0.29) is 12.0 Å². The van der Waals surface area contributed by atoms with E-state index in [1.54, 1.807) is 4.90 Å². The van der Waals surface area contributed by atoms with E-state index >= 15 is 0 Å². The van der Waals surface area contributed by atoms with Crippen molar-refractivity contribution in [2.24, 2.45) is 0 Å². The van der Waals surface area contributed by atoms with E-state index in [0.717, 1.165) is 25.8 Å². The van der Waals surface area contributed by atoms with E-state index < -0.39 is 5.60 Å². The molecular formula is C18H33N3O4. The third-order valence-corrected chi connectivity index (χ3v) is 4.52. The number of hydrogen-bond acceptors (Lipinski definition) is 5. The Balaban J connectivity index is 1.67. The zero-order valence-corrected chi connectivity index (χ0v) is 15.9. The highest BCUT2D eigenvalue weighted by Gasteiger charge is 2.25. The number of nitrogens with zero attached hydrogens (tertiary/aromatic N) is 2. The zero-order chi connectivity index (χ0) is 18.3. The molecule has 1 atom stereocenters. The van der Waals surface area contributed by atoms with Gasteiger partial charge in [-0.15, -0.1) is 0 Å². The van der Waals surface area contributed by atoms with E-state index in [1.807, 2.05) is 25.7 Å². The summed E-state index contributed by atoms with van der Waals surface area (Å²) in [5.41, 5.74) is -0.457. The molecular weight excluding hydrogens is 322 g/mol. The maximum absolute atomic E-state index is 12.2. The Morgan fingerprint density at radius 2 is 1.80 bits per heavy atom. The first-order valence-electron chi connectivity index (χ1n) is 9.42. The maximum atomic E-state index is 12.2. The number of ether oxygens (including phenoxy) is 2. The first kappa shape index (κ1) is 20.0. The summed E-state index contributed by atoms with van der Waals surface area (Å²) in [5, 5.41) is 3.48. The summed E-state index contributed by atoms with van der Waals surface area (Å²) in [6, 6.07) is 0.352. The largest absolute Gasteiger partial charge is 0.444 e. The van der Waals surface area contributed by atoms with Crippen molar-refractivity contribution in [3.63, 3.8) is 0 Å². The summed E-state index contributed by atoms with van der Waals surface area (Å²) in [6.45, 7) is 10.5. The van der Waals surface area contributed by atoms with Crippen molar-refractivity contribution in [1.29, 1.82) is 0 Å². The molecule has 2 rings (SSSR count). The average Bonchev–Trinajstić information content (AvgIpc) is 2.80. The van der Waals surface area contributed by atoms with E-state index in [0.29, 0.717) is 51.9 Å². The molecule has 7 heteroatoms. The van der Waals surface area contributed by atoms with Crippen LogP contribution in [0.3, 0.4) is 0 Å². The van der Waals surface area contributed by atoms with Gasteiger partial charge in [0.1, 0.15) is 5.60 Å². The van der Waals surface area contributed by atoms with Gasteiger partial charge >= 0.3 is 6.09 Å². The van der Waals surface area contributed by atoms with Gasteiger partial charge in [-0.3, -0.25) is 4.79 Å². The summed E-state index contributed by atoms with van der Waals surface area (Å²) in [7, 11) is 0. The number of likely N-dealkylation sites (tertiary alicyclic amines) is 1. The highest BCUT2D eigenvalue weighted by molar-refractivity contribution is 5.76. The van der Waals surface area contributed by atoms with Crippen LogP contribution in [-0.4, -0.2) is 79.4 Å². The number of amides is 2. The van der Waals surface area contributed by atoms with Crippen molar-refractivity contribution < 1.29 is 19.1 Å². The van der Waals surface area contributed by atoms with Crippen molar-refractivity contribution in [3.05, 3.63) is 0 Å². The van der Waals surface area contributed by atoms with Crippen LogP contribution in [0.4, 0.5) is 4.79 Å². The van der Waals surface area contributed by atoms with E-state index in [1.165, 1.54) is 0 Å². The van der Waals surface area contributed by atoms with Gasteiger partial charge in [-0.2, -0.15) is 0 Å². The minimum atomic E-state index is -0.457. The van der Waals surface area contributed by atoms with Crippen molar-refractivity contribution in [1.82, 2.24) is 15.1 Å². The van der Waals surface area contributed by atoms with Crippen LogP contribution in [0.1, 0.15) is 46.5 Å². The molecule has 0 aromatic heterocycles. The second-order valence-electron chi connectivity index (χ2n) is 7.79. The summed E-state index contributed by atoms with van der Waals surface area (Å²) in [6.07, 6.45) is 3.16. The van der Waals surface area contributed by atoms with Crippen LogP contribution in [-0.2, 0) is 14.3 Å². The van der Waals surface area contributed by atoms with Crippen molar-refractivity contribution >= 4 is 12.0 Å². The van der Waals surface area contributed by atoms with Crippen LogP contribution in [0.5, 0.6) is 0 Å². The molecule has 1 N–H and O–H groups in total. The predicted molar refractivity (Wildman–Crippen MR) is 95.5 cm³/mol. The number of carbonyl (C=O) groups excluding carboxylic acids is 2. The summed E-state index contributed by atoms with van der Waals surface area (Å²) in [4.78, 5) is 28.0. The lowest BCUT2D eigenvalue weighted by Gasteiger charge is -2.27. The molecule has 2 fully saturated rings. The molecule has 2 amide bonds. The third-order valence-electron chi connectivity index (χ3n) is 4.52. The van der Waals surface area contributed by atoms with E-state index in [9.17, 15) is 9.59 Å².